The summed E-state index contributed by atoms with van der Waals surface area (Å²) in [7, 11) is 2.00. The van der Waals surface area contributed by atoms with E-state index in [1.807, 2.05) is 51.3 Å². The molecule has 0 fully saturated rings. The van der Waals surface area contributed by atoms with E-state index in [4.69, 9.17) is 4.74 Å². The standard InChI is InChI=1S/C19H20BN3O2/c1-2-18(19(24)23-11-13-4-3-7-21-10-13)25-16-5-6-17-14(9-16)8-15(20)12-22-17/h3-10,12,18H,2,11,20H2,1H3,(H,23,24). The smallest absolute Gasteiger partial charge is 0.261 e. The molecule has 0 bridgehead atoms. The molecule has 1 aromatic carbocycles. The van der Waals surface area contributed by atoms with Gasteiger partial charge in [-0.1, -0.05) is 24.5 Å². The zero-order chi connectivity index (χ0) is 17.6. The van der Waals surface area contributed by atoms with Gasteiger partial charge in [0.1, 0.15) is 13.6 Å². The second-order valence-corrected chi connectivity index (χ2v) is 5.96. The number of carbonyl (C=O) groups is 1. The summed E-state index contributed by atoms with van der Waals surface area (Å²) in [6.07, 6.45) is 5.33. The second kappa shape index (κ2) is 7.79. The summed E-state index contributed by atoms with van der Waals surface area (Å²) in [5.74, 6) is 0.539. The van der Waals surface area contributed by atoms with E-state index in [0.29, 0.717) is 18.7 Å². The van der Waals surface area contributed by atoms with Crippen LogP contribution in [0.5, 0.6) is 5.75 Å². The molecule has 0 aliphatic rings. The van der Waals surface area contributed by atoms with Gasteiger partial charge in [-0.2, -0.15) is 0 Å². The number of nitrogens with zero attached hydrogens (tertiary/aromatic N) is 2. The van der Waals surface area contributed by atoms with Crippen LogP contribution in [0.2, 0.25) is 0 Å². The maximum atomic E-state index is 12.4. The number of aromatic nitrogens is 2. The van der Waals surface area contributed by atoms with Crippen LogP contribution in [0.1, 0.15) is 18.9 Å². The molecule has 5 nitrogen and oxygen atoms in total. The van der Waals surface area contributed by atoms with Crippen molar-refractivity contribution in [1.29, 1.82) is 0 Å². The highest BCUT2D eigenvalue weighted by Crippen LogP contribution is 2.20. The molecule has 0 saturated carbocycles. The average molecular weight is 333 g/mol. The molecule has 2 heterocycles. The first kappa shape index (κ1) is 17.0. The molecule has 0 saturated heterocycles. The Morgan fingerprint density at radius 3 is 2.92 bits per heavy atom. The minimum Gasteiger partial charge on any atom is -0.481 e. The summed E-state index contributed by atoms with van der Waals surface area (Å²) in [5.41, 5.74) is 2.95. The van der Waals surface area contributed by atoms with Crippen molar-refractivity contribution in [1.82, 2.24) is 15.3 Å². The number of pyridine rings is 2. The predicted octanol–water partition coefficient (Wildman–Crippen LogP) is 1.36. The molecule has 2 aromatic heterocycles. The van der Waals surface area contributed by atoms with Crippen molar-refractivity contribution < 1.29 is 9.53 Å². The molecule has 3 rings (SSSR count). The molecule has 0 radical (unpaired) electrons. The van der Waals surface area contributed by atoms with E-state index < -0.39 is 6.10 Å². The monoisotopic (exact) mass is 333 g/mol. The molecule has 0 aliphatic carbocycles. The molecule has 1 unspecified atom stereocenters. The minimum atomic E-state index is -0.535. The van der Waals surface area contributed by atoms with Crippen LogP contribution in [0.3, 0.4) is 0 Å². The topological polar surface area (TPSA) is 64.1 Å². The highest BCUT2D eigenvalue weighted by atomic mass is 16.5. The lowest BCUT2D eigenvalue weighted by atomic mass is 9.97. The number of rotatable bonds is 6. The fraction of sp³-hybridized carbons (Fsp3) is 0.211. The van der Waals surface area contributed by atoms with Crippen LogP contribution in [0.25, 0.3) is 10.9 Å². The molecular weight excluding hydrogens is 313 g/mol. The van der Waals surface area contributed by atoms with Crippen molar-refractivity contribution in [3.8, 4) is 5.75 Å². The first-order chi connectivity index (χ1) is 12.2. The van der Waals surface area contributed by atoms with Crippen LogP contribution >= 0.6 is 0 Å². The minimum absolute atomic E-state index is 0.131. The summed E-state index contributed by atoms with van der Waals surface area (Å²) in [6, 6.07) is 11.5. The average Bonchev–Trinajstić information content (AvgIpc) is 2.64. The van der Waals surface area contributed by atoms with Crippen LogP contribution < -0.4 is 15.5 Å². The van der Waals surface area contributed by atoms with Crippen molar-refractivity contribution in [3.05, 3.63) is 60.6 Å². The molecule has 25 heavy (non-hydrogen) atoms. The van der Waals surface area contributed by atoms with Gasteiger partial charge < -0.3 is 10.1 Å². The fourth-order valence-corrected chi connectivity index (χ4v) is 2.59. The Kier molecular flexibility index (Phi) is 5.28. The van der Waals surface area contributed by atoms with E-state index in [1.165, 1.54) is 0 Å². The molecule has 1 atom stereocenters. The van der Waals surface area contributed by atoms with Gasteiger partial charge in [0.15, 0.2) is 6.10 Å². The normalized spacial score (nSPS) is 11.9. The summed E-state index contributed by atoms with van der Waals surface area (Å²) >= 11 is 0. The van der Waals surface area contributed by atoms with Crippen LogP contribution in [-0.2, 0) is 11.3 Å². The molecule has 3 aromatic rings. The largest absolute Gasteiger partial charge is 0.481 e. The molecule has 1 N–H and O–H groups in total. The van der Waals surface area contributed by atoms with Gasteiger partial charge in [-0.05, 0) is 36.2 Å². The van der Waals surface area contributed by atoms with Crippen LogP contribution in [-0.4, -0.2) is 29.8 Å². The van der Waals surface area contributed by atoms with Crippen LogP contribution in [0, 0.1) is 0 Å². The molecule has 126 valence electrons. The number of ether oxygens (including phenoxy) is 1. The summed E-state index contributed by atoms with van der Waals surface area (Å²) < 4.78 is 5.91. The third kappa shape index (κ3) is 4.35. The zero-order valence-electron chi connectivity index (χ0n) is 14.4. The van der Waals surface area contributed by atoms with Crippen molar-refractivity contribution in [2.24, 2.45) is 0 Å². The van der Waals surface area contributed by atoms with Crippen molar-refractivity contribution in [2.45, 2.75) is 26.0 Å². The Morgan fingerprint density at radius 2 is 2.16 bits per heavy atom. The van der Waals surface area contributed by atoms with Crippen molar-refractivity contribution >= 4 is 30.1 Å². The highest BCUT2D eigenvalue weighted by molar-refractivity contribution is 6.32. The number of hydrogen-bond donors (Lipinski definition) is 1. The summed E-state index contributed by atoms with van der Waals surface area (Å²) in [5, 5.41) is 3.90. The van der Waals surface area contributed by atoms with Crippen molar-refractivity contribution in [2.75, 3.05) is 0 Å². The maximum absolute atomic E-state index is 12.4. The molecule has 6 heteroatoms. The number of fused-ring (bicyclic) bond motifs is 1. The van der Waals surface area contributed by atoms with Crippen LogP contribution in [0.15, 0.2) is 55.0 Å². The third-order valence-corrected chi connectivity index (χ3v) is 3.92. The molecule has 0 aliphatic heterocycles. The highest BCUT2D eigenvalue weighted by Gasteiger charge is 2.18. The van der Waals surface area contributed by atoms with E-state index >= 15 is 0 Å². The Hall–Kier alpha value is -2.89. The van der Waals surface area contributed by atoms with Crippen molar-refractivity contribution in [3.63, 3.8) is 0 Å². The molecule has 0 spiro atoms. The van der Waals surface area contributed by atoms with E-state index in [9.17, 15) is 4.79 Å². The lowest BCUT2D eigenvalue weighted by Gasteiger charge is -2.17. The van der Waals surface area contributed by atoms with E-state index in [0.717, 1.165) is 21.9 Å². The van der Waals surface area contributed by atoms with E-state index in [1.54, 1.807) is 12.4 Å². The predicted molar refractivity (Wildman–Crippen MR) is 101 cm³/mol. The Balaban J connectivity index is 1.67. The number of carbonyl (C=O) groups excluding carboxylic acids is 1. The van der Waals surface area contributed by atoms with Crippen LogP contribution in [0.4, 0.5) is 0 Å². The number of benzene rings is 1. The van der Waals surface area contributed by atoms with Gasteiger partial charge in [0.05, 0.1) is 5.52 Å². The molecule has 1 amide bonds. The van der Waals surface area contributed by atoms with Gasteiger partial charge in [-0.25, -0.2) is 0 Å². The third-order valence-electron chi connectivity index (χ3n) is 3.92. The first-order valence-corrected chi connectivity index (χ1v) is 8.35. The quantitative estimate of drug-likeness (QED) is 0.692. The van der Waals surface area contributed by atoms with Gasteiger partial charge in [0, 0.05) is 30.5 Å². The second-order valence-electron chi connectivity index (χ2n) is 5.96. The van der Waals surface area contributed by atoms with Gasteiger partial charge in [-0.3, -0.25) is 14.8 Å². The van der Waals surface area contributed by atoms with Gasteiger partial charge in [0.2, 0.25) is 0 Å². The Labute approximate surface area is 147 Å². The zero-order valence-corrected chi connectivity index (χ0v) is 14.4. The molecular formula is C19H20BN3O2. The van der Waals surface area contributed by atoms with E-state index in [2.05, 4.69) is 21.4 Å². The lowest BCUT2D eigenvalue weighted by molar-refractivity contribution is -0.128. The Bertz CT molecular complexity index is 871. The summed E-state index contributed by atoms with van der Waals surface area (Å²) in [4.78, 5) is 20.8. The lowest BCUT2D eigenvalue weighted by Crippen LogP contribution is -2.37. The SMILES string of the molecule is Bc1cnc2ccc(OC(CC)C(=O)NCc3cccnc3)cc2c1. The Morgan fingerprint density at radius 1 is 1.28 bits per heavy atom. The summed E-state index contributed by atoms with van der Waals surface area (Å²) in [6.45, 7) is 2.37. The van der Waals surface area contributed by atoms with Gasteiger partial charge in [-0.15, -0.1) is 0 Å². The first-order valence-electron chi connectivity index (χ1n) is 8.35. The maximum Gasteiger partial charge on any atom is 0.261 e. The van der Waals surface area contributed by atoms with Gasteiger partial charge >= 0.3 is 0 Å². The number of amides is 1. The number of nitrogens with one attached hydrogen (secondary N) is 1. The fourth-order valence-electron chi connectivity index (χ4n) is 2.59. The number of hydrogen-bond acceptors (Lipinski definition) is 4. The van der Waals surface area contributed by atoms with Gasteiger partial charge in [0.25, 0.3) is 5.91 Å². The van der Waals surface area contributed by atoms with E-state index in [-0.39, 0.29) is 5.91 Å².